The van der Waals surface area contributed by atoms with E-state index in [-0.39, 0.29) is 19.0 Å². The first-order valence-electron chi connectivity index (χ1n) is 7.05. The largest absolute Gasteiger partial charge is 0.493 e. The van der Waals surface area contributed by atoms with Gasteiger partial charge in [0, 0.05) is 0 Å². The number of aromatic nitrogens is 2. The third-order valence-corrected chi connectivity index (χ3v) is 2.75. The number of esters is 1. The number of hydrogen-bond donors (Lipinski definition) is 1. The molecule has 0 atom stereocenters. The molecule has 0 spiro atoms. The molecule has 1 aromatic carbocycles. The number of nitrogens with zero attached hydrogens (tertiary/aromatic N) is 2. The average molecular weight is 319 g/mol. The van der Waals surface area contributed by atoms with Crippen LogP contribution < -0.4 is 10.1 Å². The van der Waals surface area contributed by atoms with Crippen molar-refractivity contribution in [2.45, 2.75) is 20.5 Å². The Kier molecular flexibility index (Phi) is 5.67. The van der Waals surface area contributed by atoms with Gasteiger partial charge >= 0.3 is 5.97 Å². The van der Waals surface area contributed by atoms with Crippen molar-refractivity contribution < 1.29 is 23.6 Å². The van der Waals surface area contributed by atoms with Crippen LogP contribution in [-0.4, -0.2) is 35.2 Å². The summed E-state index contributed by atoms with van der Waals surface area (Å²) in [5, 5.41) is 6.05. The second-order valence-electron chi connectivity index (χ2n) is 4.51. The van der Waals surface area contributed by atoms with E-state index >= 15 is 0 Å². The zero-order valence-corrected chi connectivity index (χ0v) is 12.9. The van der Waals surface area contributed by atoms with Crippen molar-refractivity contribution in [2.24, 2.45) is 0 Å². The summed E-state index contributed by atoms with van der Waals surface area (Å²) in [4.78, 5) is 27.6. The van der Waals surface area contributed by atoms with Gasteiger partial charge in [-0.25, -0.2) is 0 Å². The Morgan fingerprint density at radius 3 is 2.78 bits per heavy atom. The van der Waals surface area contributed by atoms with Crippen LogP contribution in [0.4, 0.5) is 0 Å². The molecule has 2 rings (SSSR count). The van der Waals surface area contributed by atoms with Crippen LogP contribution in [0.5, 0.6) is 5.75 Å². The predicted octanol–water partition coefficient (Wildman–Crippen LogP) is 1.25. The van der Waals surface area contributed by atoms with Gasteiger partial charge in [-0.05, 0) is 26.0 Å². The highest BCUT2D eigenvalue weighted by atomic mass is 16.6. The molecule has 0 fully saturated rings. The normalized spacial score (nSPS) is 10.2. The number of nitrogens with one attached hydrogen (secondary N) is 1. The van der Waals surface area contributed by atoms with E-state index in [1.807, 2.05) is 6.92 Å². The molecule has 2 aromatic rings. The summed E-state index contributed by atoms with van der Waals surface area (Å²) in [5.74, 6) is 0.0886. The third kappa shape index (κ3) is 4.80. The summed E-state index contributed by atoms with van der Waals surface area (Å²) in [6.07, 6.45) is 0. The van der Waals surface area contributed by atoms with Crippen LogP contribution in [0.2, 0.25) is 0 Å². The van der Waals surface area contributed by atoms with E-state index in [2.05, 4.69) is 15.5 Å². The molecule has 8 heteroatoms. The number of para-hydroxylation sites is 1. The van der Waals surface area contributed by atoms with Gasteiger partial charge in [-0.2, -0.15) is 4.98 Å². The number of ether oxygens (including phenoxy) is 2. The Balaban J connectivity index is 1.83. The maximum absolute atomic E-state index is 12.1. The summed E-state index contributed by atoms with van der Waals surface area (Å²) >= 11 is 0. The second-order valence-corrected chi connectivity index (χ2v) is 4.51. The van der Waals surface area contributed by atoms with Crippen LogP contribution in [0.25, 0.3) is 0 Å². The zero-order chi connectivity index (χ0) is 16.7. The average Bonchev–Trinajstić information content (AvgIpc) is 2.97. The molecule has 1 N–H and O–H groups in total. The summed E-state index contributed by atoms with van der Waals surface area (Å²) in [7, 11) is 0. The molecule has 1 aromatic heterocycles. The standard InChI is InChI=1S/C15H17N3O5/c1-3-21-12-7-5-4-6-11(12)15(20)16-8-14(19)22-9-13-17-10(2)18-23-13/h4-7H,3,8-9H2,1-2H3,(H,16,20). The minimum absolute atomic E-state index is 0.134. The Bertz CT molecular complexity index is 683. The van der Waals surface area contributed by atoms with Crippen LogP contribution in [0.3, 0.4) is 0 Å². The first-order valence-corrected chi connectivity index (χ1v) is 7.05. The minimum atomic E-state index is -0.608. The van der Waals surface area contributed by atoms with Crippen molar-refractivity contribution in [3.8, 4) is 5.75 Å². The molecular weight excluding hydrogens is 302 g/mol. The van der Waals surface area contributed by atoms with Gasteiger partial charge in [-0.15, -0.1) is 0 Å². The fourth-order valence-electron chi connectivity index (χ4n) is 1.78. The van der Waals surface area contributed by atoms with Gasteiger partial charge in [-0.1, -0.05) is 17.3 Å². The van der Waals surface area contributed by atoms with Crippen molar-refractivity contribution in [3.63, 3.8) is 0 Å². The molecule has 1 amide bonds. The van der Waals surface area contributed by atoms with Crippen LogP contribution in [0, 0.1) is 6.92 Å². The number of amides is 1. The van der Waals surface area contributed by atoms with Crippen LogP contribution in [0.1, 0.15) is 29.0 Å². The highest BCUT2D eigenvalue weighted by molar-refractivity contribution is 5.98. The Hall–Kier alpha value is -2.90. The lowest BCUT2D eigenvalue weighted by atomic mass is 10.2. The first-order chi connectivity index (χ1) is 11.1. The number of carbonyl (C=O) groups is 2. The molecule has 0 bridgehead atoms. The van der Waals surface area contributed by atoms with E-state index in [9.17, 15) is 9.59 Å². The summed E-state index contributed by atoms with van der Waals surface area (Å²) < 4.78 is 15.1. The van der Waals surface area contributed by atoms with Gasteiger partial charge in [0.05, 0.1) is 12.2 Å². The maximum atomic E-state index is 12.1. The lowest BCUT2D eigenvalue weighted by Gasteiger charge is -2.10. The lowest BCUT2D eigenvalue weighted by Crippen LogP contribution is -2.30. The fourth-order valence-corrected chi connectivity index (χ4v) is 1.78. The molecule has 122 valence electrons. The van der Waals surface area contributed by atoms with E-state index in [1.54, 1.807) is 31.2 Å². The topological polar surface area (TPSA) is 104 Å². The second kappa shape index (κ2) is 7.92. The highest BCUT2D eigenvalue weighted by Crippen LogP contribution is 2.17. The van der Waals surface area contributed by atoms with E-state index in [0.717, 1.165) is 0 Å². The molecule has 0 unspecified atom stereocenters. The number of rotatable bonds is 7. The predicted molar refractivity (Wildman–Crippen MR) is 78.8 cm³/mol. The summed E-state index contributed by atoms with van der Waals surface area (Å²) in [6, 6.07) is 6.79. The van der Waals surface area contributed by atoms with E-state index < -0.39 is 11.9 Å². The molecule has 0 saturated heterocycles. The SMILES string of the molecule is CCOc1ccccc1C(=O)NCC(=O)OCc1nc(C)no1. The third-order valence-electron chi connectivity index (χ3n) is 2.75. The van der Waals surface area contributed by atoms with Gasteiger partial charge in [0.2, 0.25) is 0 Å². The van der Waals surface area contributed by atoms with E-state index in [4.69, 9.17) is 14.0 Å². The molecule has 0 aliphatic rings. The number of carbonyl (C=O) groups excluding carboxylic acids is 2. The van der Waals surface area contributed by atoms with Gasteiger partial charge in [0.1, 0.15) is 12.3 Å². The molecule has 23 heavy (non-hydrogen) atoms. The molecule has 1 heterocycles. The molecule has 8 nitrogen and oxygen atoms in total. The van der Waals surface area contributed by atoms with Crippen LogP contribution >= 0.6 is 0 Å². The van der Waals surface area contributed by atoms with Gasteiger partial charge in [0.25, 0.3) is 11.8 Å². The van der Waals surface area contributed by atoms with Crippen molar-refractivity contribution in [2.75, 3.05) is 13.2 Å². The number of benzene rings is 1. The van der Waals surface area contributed by atoms with Gasteiger partial charge in [0.15, 0.2) is 12.4 Å². The highest BCUT2D eigenvalue weighted by Gasteiger charge is 2.14. The van der Waals surface area contributed by atoms with E-state index in [0.29, 0.717) is 23.7 Å². The molecule has 0 aliphatic carbocycles. The van der Waals surface area contributed by atoms with Crippen molar-refractivity contribution in [3.05, 3.63) is 41.5 Å². The number of aryl methyl sites for hydroxylation is 1. The molecule has 0 aliphatic heterocycles. The molecular formula is C15H17N3O5. The van der Waals surface area contributed by atoms with Crippen molar-refractivity contribution >= 4 is 11.9 Å². The molecule has 0 radical (unpaired) electrons. The lowest BCUT2D eigenvalue weighted by molar-refractivity contribution is -0.144. The van der Waals surface area contributed by atoms with Gasteiger partial charge in [-0.3, -0.25) is 9.59 Å². The van der Waals surface area contributed by atoms with E-state index in [1.165, 1.54) is 0 Å². The minimum Gasteiger partial charge on any atom is -0.493 e. The van der Waals surface area contributed by atoms with Crippen molar-refractivity contribution in [1.29, 1.82) is 0 Å². The van der Waals surface area contributed by atoms with Crippen LogP contribution in [0.15, 0.2) is 28.8 Å². The Morgan fingerprint density at radius 2 is 2.09 bits per heavy atom. The fraction of sp³-hybridized carbons (Fsp3) is 0.333. The van der Waals surface area contributed by atoms with Crippen LogP contribution in [-0.2, 0) is 16.1 Å². The Morgan fingerprint density at radius 1 is 1.30 bits per heavy atom. The quantitative estimate of drug-likeness (QED) is 0.766. The maximum Gasteiger partial charge on any atom is 0.325 e. The summed E-state index contributed by atoms with van der Waals surface area (Å²) in [5.41, 5.74) is 0.356. The van der Waals surface area contributed by atoms with Crippen molar-refractivity contribution in [1.82, 2.24) is 15.5 Å². The zero-order valence-electron chi connectivity index (χ0n) is 12.9. The Labute approximate surface area is 132 Å². The first kappa shape index (κ1) is 16.5. The number of hydrogen-bond acceptors (Lipinski definition) is 7. The molecule has 0 saturated carbocycles. The smallest absolute Gasteiger partial charge is 0.325 e. The monoisotopic (exact) mass is 319 g/mol. The summed E-state index contributed by atoms with van der Waals surface area (Å²) in [6.45, 7) is 3.52. The van der Waals surface area contributed by atoms with Gasteiger partial charge < -0.3 is 19.3 Å².